The van der Waals surface area contributed by atoms with Crippen LogP contribution in [-0.2, 0) is 10.1 Å². The molecule has 3 aromatic rings. The Balaban J connectivity index is 1.84. The fraction of sp³-hybridized carbons (Fsp3) is 0.0625. The van der Waals surface area contributed by atoms with Gasteiger partial charge >= 0.3 is 10.1 Å². The lowest BCUT2D eigenvalue weighted by atomic mass is 10.1. The van der Waals surface area contributed by atoms with Gasteiger partial charge in [0.2, 0.25) is 0 Å². The number of aromatic nitrogens is 3. The van der Waals surface area contributed by atoms with Crippen molar-refractivity contribution >= 4 is 16.0 Å². The van der Waals surface area contributed by atoms with Crippen molar-refractivity contribution in [1.82, 2.24) is 15.4 Å². The lowest BCUT2D eigenvalue weighted by molar-refractivity contribution is 0.0996. The van der Waals surface area contributed by atoms with Gasteiger partial charge in [0, 0.05) is 5.56 Å². The van der Waals surface area contributed by atoms with E-state index in [-0.39, 0.29) is 22.0 Å². The summed E-state index contributed by atoms with van der Waals surface area (Å²) in [6.45, 7) is 1.86. The van der Waals surface area contributed by atoms with Crippen LogP contribution >= 0.6 is 0 Å². The standard InChI is InChI=1S/C16H14N4O4S/c1-10-2-8-13(9-3-10)25(22,23)24-12-6-4-11(5-7-12)14-15(16(17)21)19-20-18-14/h2-9H,1H3,(H2,17,21)(H,18,19,20). The number of carbonyl (C=O) groups excluding carboxylic acids is 1. The third kappa shape index (κ3) is 3.50. The van der Waals surface area contributed by atoms with Gasteiger partial charge in [-0.3, -0.25) is 4.79 Å². The van der Waals surface area contributed by atoms with E-state index in [4.69, 9.17) is 9.92 Å². The van der Waals surface area contributed by atoms with Gasteiger partial charge in [-0.25, -0.2) is 0 Å². The number of rotatable bonds is 5. The Hall–Kier alpha value is -3.20. The fourth-order valence-corrected chi connectivity index (χ4v) is 3.08. The molecule has 1 amide bonds. The first-order valence-corrected chi connectivity index (χ1v) is 8.60. The molecule has 0 fully saturated rings. The zero-order valence-electron chi connectivity index (χ0n) is 13.1. The average Bonchev–Trinajstić information content (AvgIpc) is 3.05. The van der Waals surface area contributed by atoms with Gasteiger partial charge in [0.15, 0.2) is 5.69 Å². The van der Waals surface area contributed by atoms with Gasteiger partial charge in [-0.15, -0.1) is 0 Å². The van der Waals surface area contributed by atoms with Crippen LogP contribution in [0, 0.1) is 6.92 Å². The predicted molar refractivity (Wildman–Crippen MR) is 89.3 cm³/mol. The first-order valence-electron chi connectivity index (χ1n) is 7.19. The second-order valence-corrected chi connectivity index (χ2v) is 6.81. The number of nitrogens with two attached hydrogens (primary N) is 1. The monoisotopic (exact) mass is 358 g/mol. The van der Waals surface area contributed by atoms with Gasteiger partial charge < -0.3 is 9.92 Å². The molecule has 2 aromatic carbocycles. The second kappa shape index (κ2) is 6.36. The Bertz CT molecular complexity index is 1010. The maximum Gasteiger partial charge on any atom is 0.339 e. The van der Waals surface area contributed by atoms with Gasteiger partial charge in [0.05, 0.1) is 0 Å². The normalized spacial score (nSPS) is 11.2. The van der Waals surface area contributed by atoms with Gasteiger partial charge in [-0.2, -0.15) is 23.8 Å². The molecule has 8 nitrogen and oxygen atoms in total. The highest BCUT2D eigenvalue weighted by Crippen LogP contribution is 2.24. The molecule has 0 aliphatic rings. The number of aryl methyl sites for hydroxylation is 1. The van der Waals surface area contributed by atoms with Crippen molar-refractivity contribution in [3.63, 3.8) is 0 Å². The second-order valence-electron chi connectivity index (χ2n) is 5.26. The number of amides is 1. The van der Waals surface area contributed by atoms with E-state index in [9.17, 15) is 13.2 Å². The van der Waals surface area contributed by atoms with Crippen LogP contribution in [0.15, 0.2) is 53.4 Å². The predicted octanol–water partition coefficient (Wildman–Crippen LogP) is 1.65. The summed E-state index contributed by atoms with van der Waals surface area (Å²) in [5.74, 6) is -0.584. The number of nitrogens with one attached hydrogen (secondary N) is 1. The van der Waals surface area contributed by atoms with Crippen molar-refractivity contribution in [1.29, 1.82) is 0 Å². The molecule has 3 rings (SSSR count). The molecule has 0 saturated carbocycles. The zero-order chi connectivity index (χ0) is 18.0. The zero-order valence-corrected chi connectivity index (χ0v) is 13.9. The number of H-pyrrole nitrogens is 1. The van der Waals surface area contributed by atoms with Crippen molar-refractivity contribution in [3.05, 3.63) is 59.8 Å². The summed E-state index contributed by atoms with van der Waals surface area (Å²) in [5, 5.41) is 9.88. The molecule has 3 N–H and O–H groups in total. The summed E-state index contributed by atoms with van der Waals surface area (Å²) < 4.78 is 29.6. The number of nitrogens with zero attached hydrogens (tertiary/aromatic N) is 2. The highest BCUT2D eigenvalue weighted by molar-refractivity contribution is 7.87. The van der Waals surface area contributed by atoms with Crippen molar-refractivity contribution in [2.75, 3.05) is 0 Å². The minimum atomic E-state index is -3.93. The molecule has 25 heavy (non-hydrogen) atoms. The molecule has 0 aliphatic heterocycles. The van der Waals surface area contributed by atoms with Crippen LogP contribution in [0.25, 0.3) is 11.3 Å². The van der Waals surface area contributed by atoms with E-state index in [0.717, 1.165) is 5.56 Å². The number of aromatic amines is 1. The highest BCUT2D eigenvalue weighted by atomic mass is 32.2. The molecule has 0 saturated heterocycles. The molecule has 0 bridgehead atoms. The smallest absolute Gasteiger partial charge is 0.339 e. The van der Waals surface area contributed by atoms with E-state index >= 15 is 0 Å². The lowest BCUT2D eigenvalue weighted by Crippen LogP contribution is -2.12. The van der Waals surface area contributed by atoms with Crippen molar-refractivity contribution in [2.45, 2.75) is 11.8 Å². The Morgan fingerprint density at radius 2 is 1.68 bits per heavy atom. The van der Waals surface area contributed by atoms with Gasteiger partial charge in [-0.1, -0.05) is 17.7 Å². The van der Waals surface area contributed by atoms with E-state index in [1.807, 2.05) is 6.92 Å². The van der Waals surface area contributed by atoms with E-state index in [0.29, 0.717) is 5.56 Å². The van der Waals surface area contributed by atoms with Gasteiger partial charge in [0.1, 0.15) is 16.3 Å². The maximum absolute atomic E-state index is 12.3. The molecule has 0 radical (unpaired) electrons. The number of benzene rings is 2. The van der Waals surface area contributed by atoms with E-state index in [1.54, 1.807) is 24.3 Å². The van der Waals surface area contributed by atoms with E-state index < -0.39 is 16.0 Å². The minimum Gasteiger partial charge on any atom is -0.379 e. The summed E-state index contributed by atoms with van der Waals surface area (Å²) in [5.41, 5.74) is 6.99. The molecule has 0 atom stereocenters. The fourth-order valence-electron chi connectivity index (χ4n) is 2.15. The Labute approximate surface area is 143 Å². The number of hydrogen-bond acceptors (Lipinski definition) is 6. The summed E-state index contributed by atoms with van der Waals surface area (Å²) >= 11 is 0. The third-order valence-corrected chi connectivity index (χ3v) is 4.69. The minimum absolute atomic E-state index is 0.000875. The molecule has 1 aromatic heterocycles. The molecule has 128 valence electrons. The molecular formula is C16H14N4O4S. The summed E-state index contributed by atoms with van der Waals surface area (Å²) in [7, 11) is -3.93. The Morgan fingerprint density at radius 1 is 1.04 bits per heavy atom. The van der Waals surface area contributed by atoms with Crippen LogP contribution in [0.4, 0.5) is 0 Å². The highest BCUT2D eigenvalue weighted by Gasteiger charge is 2.18. The third-order valence-electron chi connectivity index (χ3n) is 3.42. The van der Waals surface area contributed by atoms with Gasteiger partial charge in [-0.05, 0) is 43.3 Å². The topological polar surface area (TPSA) is 128 Å². The van der Waals surface area contributed by atoms with Crippen LogP contribution in [0.2, 0.25) is 0 Å². The van der Waals surface area contributed by atoms with E-state index in [2.05, 4.69) is 15.4 Å². The first-order chi connectivity index (χ1) is 11.9. The van der Waals surface area contributed by atoms with Crippen LogP contribution in [0.5, 0.6) is 5.75 Å². The summed E-state index contributed by atoms with van der Waals surface area (Å²) in [6.07, 6.45) is 0. The van der Waals surface area contributed by atoms with Crippen molar-refractivity contribution < 1.29 is 17.4 Å². The molecule has 9 heteroatoms. The van der Waals surface area contributed by atoms with Crippen molar-refractivity contribution in [3.8, 4) is 17.0 Å². The summed E-state index contributed by atoms with van der Waals surface area (Å²) in [4.78, 5) is 11.4. The lowest BCUT2D eigenvalue weighted by Gasteiger charge is -2.08. The number of carbonyl (C=O) groups is 1. The maximum atomic E-state index is 12.3. The van der Waals surface area contributed by atoms with Crippen LogP contribution in [-0.4, -0.2) is 29.7 Å². The van der Waals surface area contributed by atoms with Crippen LogP contribution in [0.1, 0.15) is 16.1 Å². The molecular weight excluding hydrogens is 344 g/mol. The Kier molecular flexibility index (Phi) is 4.24. The first kappa shape index (κ1) is 16.7. The van der Waals surface area contributed by atoms with Crippen LogP contribution in [0.3, 0.4) is 0 Å². The van der Waals surface area contributed by atoms with E-state index in [1.165, 1.54) is 24.3 Å². The molecule has 0 unspecified atom stereocenters. The quantitative estimate of drug-likeness (QED) is 0.667. The summed E-state index contributed by atoms with van der Waals surface area (Å²) in [6, 6.07) is 12.4. The Morgan fingerprint density at radius 3 is 2.28 bits per heavy atom. The van der Waals surface area contributed by atoms with Gasteiger partial charge in [0.25, 0.3) is 5.91 Å². The van der Waals surface area contributed by atoms with Crippen molar-refractivity contribution in [2.24, 2.45) is 5.73 Å². The molecule has 1 heterocycles. The average molecular weight is 358 g/mol. The van der Waals surface area contributed by atoms with Crippen LogP contribution < -0.4 is 9.92 Å². The number of hydrogen-bond donors (Lipinski definition) is 2. The molecule has 0 spiro atoms. The number of primary amides is 1. The molecule has 0 aliphatic carbocycles. The SMILES string of the molecule is Cc1ccc(S(=O)(=O)Oc2ccc(-c3n[nH]nc3C(N)=O)cc2)cc1. The largest absolute Gasteiger partial charge is 0.379 e.